The smallest absolute Gasteiger partial charge is 0.471 e. The van der Waals surface area contributed by atoms with Gasteiger partial charge in [-0.3, -0.25) is 4.79 Å². The van der Waals surface area contributed by atoms with E-state index >= 15 is 0 Å². The highest BCUT2D eigenvalue weighted by molar-refractivity contribution is 6.06. The summed E-state index contributed by atoms with van der Waals surface area (Å²) in [6.45, 7) is 3.59. The molecule has 1 aliphatic heterocycles. The van der Waals surface area contributed by atoms with Gasteiger partial charge in [0.1, 0.15) is 6.61 Å². The van der Waals surface area contributed by atoms with E-state index in [-0.39, 0.29) is 24.3 Å². The number of nitrogens with one attached hydrogen (secondary N) is 1. The normalized spacial score (nSPS) is 18.4. The molecule has 0 aromatic heterocycles. The van der Waals surface area contributed by atoms with Crippen molar-refractivity contribution in [3.05, 3.63) is 39.5 Å². The van der Waals surface area contributed by atoms with Crippen LogP contribution in [0.5, 0.6) is 0 Å². The number of allylic oxidation sites excluding steroid dienone is 2. The summed E-state index contributed by atoms with van der Waals surface area (Å²) in [5, 5.41) is 12.9. The number of alkyl halides is 3. The van der Waals surface area contributed by atoms with Gasteiger partial charge in [0.15, 0.2) is 0 Å². The lowest BCUT2D eigenvalue weighted by molar-refractivity contribution is -0.312. The van der Waals surface area contributed by atoms with Crippen molar-refractivity contribution in [2.75, 3.05) is 5.32 Å². The van der Waals surface area contributed by atoms with Crippen LogP contribution in [0.15, 0.2) is 11.6 Å². The average molecular weight is 438 g/mol. The molecule has 0 radical (unpaired) electrons. The molecule has 0 saturated heterocycles. The molecule has 1 aromatic rings. The Morgan fingerprint density at radius 1 is 1.23 bits per heavy atom. The number of fused-ring (bicyclic) bond motifs is 1. The van der Waals surface area contributed by atoms with Crippen molar-refractivity contribution in [3.63, 3.8) is 0 Å². The van der Waals surface area contributed by atoms with Crippen molar-refractivity contribution in [2.45, 2.75) is 65.2 Å². The van der Waals surface area contributed by atoms with Gasteiger partial charge in [-0.1, -0.05) is 18.6 Å². The molecule has 31 heavy (non-hydrogen) atoms. The highest BCUT2D eigenvalue weighted by atomic mass is 19.4. The second kappa shape index (κ2) is 8.72. The van der Waals surface area contributed by atoms with E-state index in [1.165, 1.54) is 0 Å². The SMILES string of the molecule is CCc1c(C)c2c(c(NC(=O)C(F)(F)F)c1CC=C1CCC(C(=O)[O-])CC1)C(=O)OC2. The molecular weight excluding hydrogens is 415 g/mol. The number of hydrogen-bond donors (Lipinski definition) is 1. The number of anilines is 1. The van der Waals surface area contributed by atoms with E-state index in [0.29, 0.717) is 43.2 Å². The average Bonchev–Trinajstić information content (AvgIpc) is 3.10. The second-order valence-electron chi connectivity index (χ2n) is 7.85. The van der Waals surface area contributed by atoms with Gasteiger partial charge < -0.3 is 20.0 Å². The molecule has 1 N–H and O–H groups in total. The van der Waals surface area contributed by atoms with Gasteiger partial charge in [0, 0.05) is 11.5 Å². The maximum atomic E-state index is 13.0. The summed E-state index contributed by atoms with van der Waals surface area (Å²) < 4.78 is 43.9. The van der Waals surface area contributed by atoms with Gasteiger partial charge in [-0.15, -0.1) is 0 Å². The molecule has 1 saturated carbocycles. The van der Waals surface area contributed by atoms with Crippen LogP contribution in [-0.4, -0.2) is 24.0 Å². The highest BCUT2D eigenvalue weighted by Crippen LogP contribution is 2.39. The zero-order valence-electron chi connectivity index (χ0n) is 17.3. The number of esters is 1. The van der Waals surface area contributed by atoms with E-state index in [0.717, 1.165) is 16.7 Å². The summed E-state index contributed by atoms with van der Waals surface area (Å²) in [6.07, 6.45) is -0.547. The van der Waals surface area contributed by atoms with Gasteiger partial charge in [-0.2, -0.15) is 13.2 Å². The predicted octanol–water partition coefficient (Wildman–Crippen LogP) is 3.14. The van der Waals surface area contributed by atoms with E-state index in [4.69, 9.17) is 4.74 Å². The fourth-order valence-corrected chi connectivity index (χ4v) is 4.37. The Hall–Kier alpha value is -2.84. The zero-order chi connectivity index (χ0) is 22.9. The molecule has 1 aliphatic carbocycles. The van der Waals surface area contributed by atoms with Crippen LogP contribution in [0.4, 0.5) is 18.9 Å². The number of carbonyl (C=O) groups excluding carboxylic acids is 3. The first-order valence-corrected chi connectivity index (χ1v) is 10.2. The van der Waals surface area contributed by atoms with Crippen LogP contribution >= 0.6 is 0 Å². The number of cyclic esters (lactones) is 1. The lowest BCUT2D eigenvalue weighted by Gasteiger charge is -2.25. The Labute approximate surface area is 177 Å². The number of hydrogen-bond acceptors (Lipinski definition) is 5. The Balaban J connectivity index is 2.02. The topological polar surface area (TPSA) is 95.5 Å². The van der Waals surface area contributed by atoms with Crippen LogP contribution in [-0.2, 0) is 33.8 Å². The first-order valence-electron chi connectivity index (χ1n) is 10.2. The van der Waals surface area contributed by atoms with Gasteiger partial charge >= 0.3 is 18.1 Å². The number of ether oxygens (including phenoxy) is 1. The number of aliphatic carboxylic acids is 1. The molecule has 1 amide bonds. The molecule has 3 rings (SSSR count). The van der Waals surface area contributed by atoms with Crippen LogP contribution < -0.4 is 10.4 Å². The Kier molecular flexibility index (Phi) is 6.43. The number of rotatable bonds is 5. The van der Waals surface area contributed by atoms with Crippen molar-refractivity contribution in [2.24, 2.45) is 5.92 Å². The molecule has 1 aromatic carbocycles. The van der Waals surface area contributed by atoms with Crippen LogP contribution in [0.25, 0.3) is 0 Å². The lowest BCUT2D eigenvalue weighted by Crippen LogP contribution is -2.32. The largest absolute Gasteiger partial charge is 0.550 e. The first kappa shape index (κ1) is 22.8. The third-order valence-electron chi connectivity index (χ3n) is 6.08. The number of halogens is 3. The summed E-state index contributed by atoms with van der Waals surface area (Å²) in [5.74, 6) is -4.48. The molecular formula is C22H23F3NO5-. The van der Waals surface area contributed by atoms with Crippen molar-refractivity contribution in [1.29, 1.82) is 0 Å². The highest BCUT2D eigenvalue weighted by Gasteiger charge is 2.41. The van der Waals surface area contributed by atoms with Gasteiger partial charge in [0.05, 0.1) is 11.3 Å². The quantitative estimate of drug-likeness (QED) is 0.563. The number of carboxylic acids is 1. The second-order valence-corrected chi connectivity index (χ2v) is 7.85. The van der Waals surface area contributed by atoms with Crippen LogP contribution in [0.3, 0.4) is 0 Å². The van der Waals surface area contributed by atoms with E-state index in [1.54, 1.807) is 6.92 Å². The summed E-state index contributed by atoms with van der Waals surface area (Å²) in [7, 11) is 0. The molecule has 2 aliphatic rings. The Morgan fingerprint density at radius 2 is 1.87 bits per heavy atom. The number of carbonyl (C=O) groups is 3. The Morgan fingerprint density at radius 3 is 2.42 bits per heavy atom. The number of benzene rings is 1. The minimum Gasteiger partial charge on any atom is -0.550 e. The molecule has 0 bridgehead atoms. The third kappa shape index (κ3) is 4.60. The minimum absolute atomic E-state index is 0.0265. The Bertz CT molecular complexity index is 955. The van der Waals surface area contributed by atoms with Crippen molar-refractivity contribution in [3.8, 4) is 0 Å². The van der Waals surface area contributed by atoms with Crippen LogP contribution in [0.1, 0.15) is 65.2 Å². The maximum Gasteiger partial charge on any atom is 0.471 e. The van der Waals surface area contributed by atoms with Gasteiger partial charge in [0.2, 0.25) is 0 Å². The van der Waals surface area contributed by atoms with E-state index in [9.17, 15) is 32.7 Å². The molecule has 0 unspecified atom stereocenters. The third-order valence-corrected chi connectivity index (χ3v) is 6.08. The summed E-state index contributed by atoms with van der Waals surface area (Å²) >= 11 is 0. The molecule has 1 fully saturated rings. The molecule has 6 nitrogen and oxygen atoms in total. The summed E-state index contributed by atoms with van der Waals surface area (Å²) in [6, 6.07) is 0. The summed E-state index contributed by atoms with van der Waals surface area (Å²) in [4.78, 5) is 35.0. The molecule has 1 heterocycles. The summed E-state index contributed by atoms with van der Waals surface area (Å²) in [5.41, 5.74) is 3.28. The van der Waals surface area contributed by atoms with E-state index in [2.05, 4.69) is 0 Å². The van der Waals surface area contributed by atoms with Crippen molar-refractivity contribution >= 4 is 23.5 Å². The standard InChI is InChI=1S/C22H24F3NO5/c1-3-14-11(2)16-10-31-20(29)17(16)18(26-21(30)22(23,24)25)15(14)9-6-12-4-7-13(8-5-12)19(27)28/h6,13H,3-5,7-10H2,1-2H3,(H,26,30)(H,27,28)/p-1. The fourth-order valence-electron chi connectivity index (χ4n) is 4.37. The molecule has 0 atom stereocenters. The van der Waals surface area contributed by atoms with Crippen LogP contribution in [0, 0.1) is 12.8 Å². The predicted molar refractivity (Wildman–Crippen MR) is 103 cm³/mol. The number of carboxylic acid groups (broad SMARTS) is 1. The van der Waals surface area contributed by atoms with Gasteiger partial charge in [-0.25, -0.2) is 4.79 Å². The molecule has 168 valence electrons. The van der Waals surface area contributed by atoms with Gasteiger partial charge in [-0.05, 0) is 68.1 Å². The van der Waals surface area contributed by atoms with Crippen molar-refractivity contribution < 1.29 is 37.4 Å². The van der Waals surface area contributed by atoms with E-state index in [1.807, 2.05) is 18.3 Å². The number of amides is 1. The maximum absolute atomic E-state index is 13.0. The fraction of sp³-hybridized carbons (Fsp3) is 0.500. The van der Waals surface area contributed by atoms with Gasteiger partial charge in [0.25, 0.3) is 0 Å². The minimum atomic E-state index is -5.11. The monoisotopic (exact) mass is 438 g/mol. The van der Waals surface area contributed by atoms with E-state index < -0.39 is 29.9 Å². The van der Waals surface area contributed by atoms with Crippen LogP contribution in [0.2, 0.25) is 0 Å². The lowest BCUT2D eigenvalue weighted by atomic mass is 9.84. The molecule has 0 spiro atoms. The zero-order valence-corrected chi connectivity index (χ0v) is 17.3. The van der Waals surface area contributed by atoms with Crippen molar-refractivity contribution in [1.82, 2.24) is 0 Å². The molecule has 9 heteroatoms. The first-order chi connectivity index (χ1) is 14.5.